The van der Waals surface area contributed by atoms with E-state index in [4.69, 9.17) is 4.74 Å². The third kappa shape index (κ3) is 8.82. The molecule has 3 nitrogen and oxygen atoms in total. The highest BCUT2D eigenvalue weighted by Gasteiger charge is 1.92. The predicted octanol–water partition coefficient (Wildman–Crippen LogP) is 1.27. The number of hydrogen-bond acceptors (Lipinski definition) is 2. The summed E-state index contributed by atoms with van der Waals surface area (Å²) in [5.41, 5.74) is 0. The van der Waals surface area contributed by atoms with Gasteiger partial charge in [-0.25, -0.2) is 0 Å². The molecule has 0 spiro atoms. The third-order valence-electron chi connectivity index (χ3n) is 1.33. The molecule has 3 heteroatoms. The van der Waals surface area contributed by atoms with E-state index >= 15 is 0 Å². The van der Waals surface area contributed by atoms with Gasteiger partial charge in [0.1, 0.15) is 0 Å². The second kappa shape index (κ2) is 9.00. The number of carbonyl (C=O) groups excluding carboxylic acids is 1. The van der Waals surface area contributed by atoms with Crippen LogP contribution in [-0.4, -0.2) is 25.7 Å². The van der Waals surface area contributed by atoms with E-state index in [1.807, 2.05) is 0 Å². The molecule has 0 fully saturated rings. The van der Waals surface area contributed by atoms with Crippen LogP contribution in [-0.2, 0) is 9.53 Å². The molecule has 0 aliphatic carbocycles. The lowest BCUT2D eigenvalue weighted by Crippen LogP contribution is -2.25. The SMILES string of the molecule is C=CCCOCCNC(=O)/C=C/C. The van der Waals surface area contributed by atoms with Gasteiger partial charge in [0, 0.05) is 6.54 Å². The second-order valence-electron chi connectivity index (χ2n) is 2.48. The standard InChI is InChI=1S/C10H17NO2/c1-3-5-8-13-9-7-11-10(12)6-4-2/h3-4,6H,1,5,7-9H2,2H3,(H,11,12)/b6-4+. The van der Waals surface area contributed by atoms with Gasteiger partial charge in [-0.05, 0) is 19.4 Å². The monoisotopic (exact) mass is 183 g/mol. The van der Waals surface area contributed by atoms with Crippen LogP contribution in [0.25, 0.3) is 0 Å². The van der Waals surface area contributed by atoms with Crippen LogP contribution in [0.3, 0.4) is 0 Å². The minimum absolute atomic E-state index is 0.0742. The summed E-state index contributed by atoms with van der Waals surface area (Å²) in [6.07, 6.45) is 5.85. The molecule has 74 valence electrons. The van der Waals surface area contributed by atoms with Crippen LogP contribution in [0.4, 0.5) is 0 Å². The summed E-state index contributed by atoms with van der Waals surface area (Å²) in [7, 11) is 0. The lowest BCUT2D eigenvalue weighted by atomic mass is 10.4. The molecule has 0 aromatic heterocycles. The molecule has 0 saturated carbocycles. The van der Waals surface area contributed by atoms with Crippen molar-refractivity contribution in [2.24, 2.45) is 0 Å². The average molecular weight is 183 g/mol. The van der Waals surface area contributed by atoms with Crippen molar-refractivity contribution >= 4 is 5.91 Å². The Morgan fingerprint density at radius 2 is 2.31 bits per heavy atom. The largest absolute Gasteiger partial charge is 0.379 e. The van der Waals surface area contributed by atoms with Crippen LogP contribution in [0.15, 0.2) is 24.8 Å². The Kier molecular flexibility index (Phi) is 8.25. The molecular formula is C10H17NO2. The molecule has 1 amide bonds. The average Bonchev–Trinajstić information content (AvgIpc) is 2.11. The molecule has 0 unspecified atom stereocenters. The quantitative estimate of drug-likeness (QED) is 0.367. The van der Waals surface area contributed by atoms with Gasteiger partial charge >= 0.3 is 0 Å². The molecule has 0 saturated heterocycles. The van der Waals surface area contributed by atoms with E-state index in [0.717, 1.165) is 6.42 Å². The van der Waals surface area contributed by atoms with E-state index < -0.39 is 0 Å². The van der Waals surface area contributed by atoms with Crippen LogP contribution < -0.4 is 5.32 Å². The number of nitrogens with one attached hydrogen (secondary N) is 1. The highest BCUT2D eigenvalue weighted by atomic mass is 16.5. The Balaban J connectivity index is 3.15. The molecule has 0 radical (unpaired) electrons. The van der Waals surface area contributed by atoms with Crippen LogP contribution in [0.2, 0.25) is 0 Å². The molecule has 0 aliphatic heterocycles. The molecule has 0 aromatic rings. The number of hydrogen-bond donors (Lipinski definition) is 1. The first kappa shape index (κ1) is 11.9. The topological polar surface area (TPSA) is 38.3 Å². The van der Waals surface area contributed by atoms with Crippen LogP contribution in [0.5, 0.6) is 0 Å². The molecular weight excluding hydrogens is 166 g/mol. The van der Waals surface area contributed by atoms with E-state index in [2.05, 4.69) is 11.9 Å². The summed E-state index contributed by atoms with van der Waals surface area (Å²) in [4.78, 5) is 10.9. The van der Waals surface area contributed by atoms with Gasteiger partial charge in [-0.3, -0.25) is 4.79 Å². The summed E-state index contributed by atoms with van der Waals surface area (Å²) in [6, 6.07) is 0. The minimum Gasteiger partial charge on any atom is -0.379 e. The summed E-state index contributed by atoms with van der Waals surface area (Å²) < 4.78 is 5.19. The third-order valence-corrected chi connectivity index (χ3v) is 1.33. The van der Waals surface area contributed by atoms with Gasteiger partial charge < -0.3 is 10.1 Å². The Labute approximate surface area is 79.5 Å². The van der Waals surface area contributed by atoms with Crippen LogP contribution >= 0.6 is 0 Å². The molecule has 1 N–H and O–H groups in total. The summed E-state index contributed by atoms with van der Waals surface area (Å²) in [6.45, 7) is 7.16. The Morgan fingerprint density at radius 3 is 2.92 bits per heavy atom. The first-order valence-corrected chi connectivity index (χ1v) is 4.40. The maximum atomic E-state index is 10.9. The zero-order valence-corrected chi connectivity index (χ0v) is 8.08. The highest BCUT2D eigenvalue weighted by Crippen LogP contribution is 1.81. The summed E-state index contributed by atoms with van der Waals surface area (Å²) >= 11 is 0. The summed E-state index contributed by atoms with van der Waals surface area (Å²) in [5.74, 6) is -0.0742. The lowest BCUT2D eigenvalue weighted by Gasteiger charge is -2.02. The normalized spacial score (nSPS) is 10.2. The van der Waals surface area contributed by atoms with E-state index in [0.29, 0.717) is 19.8 Å². The highest BCUT2D eigenvalue weighted by molar-refractivity contribution is 5.87. The number of rotatable bonds is 7. The number of ether oxygens (including phenoxy) is 1. The molecule has 0 heterocycles. The Bertz CT molecular complexity index is 176. The van der Waals surface area contributed by atoms with Gasteiger partial charge in [-0.1, -0.05) is 12.2 Å². The zero-order chi connectivity index (χ0) is 9.94. The number of amides is 1. The molecule has 0 atom stereocenters. The molecule has 0 rings (SSSR count). The van der Waals surface area contributed by atoms with Crippen LogP contribution in [0.1, 0.15) is 13.3 Å². The zero-order valence-electron chi connectivity index (χ0n) is 8.08. The van der Waals surface area contributed by atoms with E-state index in [-0.39, 0.29) is 5.91 Å². The van der Waals surface area contributed by atoms with E-state index in [1.165, 1.54) is 6.08 Å². The maximum Gasteiger partial charge on any atom is 0.243 e. The molecule has 0 aliphatic rings. The maximum absolute atomic E-state index is 10.9. The van der Waals surface area contributed by atoms with Gasteiger partial charge in [-0.15, -0.1) is 6.58 Å². The Hall–Kier alpha value is -1.09. The summed E-state index contributed by atoms with van der Waals surface area (Å²) in [5, 5.41) is 2.68. The van der Waals surface area contributed by atoms with Gasteiger partial charge in [-0.2, -0.15) is 0 Å². The van der Waals surface area contributed by atoms with Gasteiger partial charge in [0.15, 0.2) is 0 Å². The number of allylic oxidation sites excluding steroid dienone is 1. The fourth-order valence-corrected chi connectivity index (χ4v) is 0.725. The second-order valence-corrected chi connectivity index (χ2v) is 2.48. The smallest absolute Gasteiger partial charge is 0.243 e. The molecule has 13 heavy (non-hydrogen) atoms. The van der Waals surface area contributed by atoms with Crippen molar-refractivity contribution in [1.82, 2.24) is 5.32 Å². The van der Waals surface area contributed by atoms with Gasteiger partial charge in [0.25, 0.3) is 0 Å². The molecule has 0 bridgehead atoms. The van der Waals surface area contributed by atoms with Crippen molar-refractivity contribution in [3.05, 3.63) is 24.8 Å². The van der Waals surface area contributed by atoms with Crippen molar-refractivity contribution < 1.29 is 9.53 Å². The lowest BCUT2D eigenvalue weighted by molar-refractivity contribution is -0.116. The van der Waals surface area contributed by atoms with Gasteiger partial charge in [0.2, 0.25) is 5.91 Å². The van der Waals surface area contributed by atoms with E-state index in [1.54, 1.807) is 19.1 Å². The van der Waals surface area contributed by atoms with Crippen molar-refractivity contribution in [1.29, 1.82) is 0 Å². The van der Waals surface area contributed by atoms with Crippen molar-refractivity contribution in [2.45, 2.75) is 13.3 Å². The fourth-order valence-electron chi connectivity index (χ4n) is 0.725. The fraction of sp³-hybridized carbons (Fsp3) is 0.500. The first-order chi connectivity index (χ1) is 6.31. The minimum atomic E-state index is -0.0742. The van der Waals surface area contributed by atoms with Crippen molar-refractivity contribution in [3.8, 4) is 0 Å². The Morgan fingerprint density at radius 1 is 1.54 bits per heavy atom. The first-order valence-electron chi connectivity index (χ1n) is 4.40. The van der Waals surface area contributed by atoms with Crippen LogP contribution in [0, 0.1) is 0 Å². The van der Waals surface area contributed by atoms with Crippen molar-refractivity contribution in [2.75, 3.05) is 19.8 Å². The van der Waals surface area contributed by atoms with Crippen molar-refractivity contribution in [3.63, 3.8) is 0 Å². The van der Waals surface area contributed by atoms with Gasteiger partial charge in [0.05, 0.1) is 13.2 Å². The molecule has 0 aromatic carbocycles. The predicted molar refractivity (Wildman–Crippen MR) is 53.5 cm³/mol. The number of carbonyl (C=O) groups is 1. The van der Waals surface area contributed by atoms with E-state index in [9.17, 15) is 4.79 Å².